The third-order valence-electron chi connectivity index (χ3n) is 2.54. The molecule has 0 bridgehead atoms. The highest BCUT2D eigenvalue weighted by Crippen LogP contribution is 2.13. The van der Waals surface area contributed by atoms with Crippen molar-refractivity contribution in [2.24, 2.45) is 5.92 Å². The maximum Gasteiger partial charge on any atom is 0.259 e. The first kappa shape index (κ1) is 14.0. The largest absolute Gasteiger partial charge is 0.481 e. The first-order chi connectivity index (χ1) is 8.51. The summed E-state index contributed by atoms with van der Waals surface area (Å²) in [5, 5.41) is 11.4. The van der Waals surface area contributed by atoms with Crippen LogP contribution >= 0.6 is 0 Å². The molecule has 100 valence electrons. The van der Waals surface area contributed by atoms with Gasteiger partial charge in [-0.05, 0) is 5.92 Å². The van der Waals surface area contributed by atoms with Gasteiger partial charge in [0.05, 0.1) is 13.3 Å². The molecule has 7 heteroatoms. The quantitative estimate of drug-likeness (QED) is 0.684. The molecule has 1 aromatic heterocycles. The van der Waals surface area contributed by atoms with Crippen LogP contribution in [0.5, 0.6) is 5.88 Å². The van der Waals surface area contributed by atoms with Crippen LogP contribution in [-0.2, 0) is 4.79 Å². The van der Waals surface area contributed by atoms with Gasteiger partial charge in [-0.3, -0.25) is 9.59 Å². The molecule has 0 radical (unpaired) electrons. The van der Waals surface area contributed by atoms with Crippen LogP contribution in [0.2, 0.25) is 0 Å². The van der Waals surface area contributed by atoms with E-state index in [1.54, 1.807) is 0 Å². The number of hydrogen-bond donors (Lipinski definition) is 3. The van der Waals surface area contributed by atoms with Crippen molar-refractivity contribution in [3.63, 3.8) is 0 Å². The molecule has 3 N–H and O–H groups in total. The summed E-state index contributed by atoms with van der Waals surface area (Å²) in [4.78, 5) is 23.6. The average molecular weight is 254 g/mol. The van der Waals surface area contributed by atoms with Crippen molar-refractivity contribution >= 4 is 11.8 Å². The average Bonchev–Trinajstić information content (AvgIpc) is 2.82. The molecule has 7 nitrogen and oxygen atoms in total. The SMILES string of the molecule is CNC(=O)[C@@H](NC(=O)c1cn[nH]c1OC)C(C)C. The molecular weight excluding hydrogens is 236 g/mol. The Kier molecular flexibility index (Phi) is 4.70. The monoisotopic (exact) mass is 254 g/mol. The fourth-order valence-corrected chi connectivity index (χ4v) is 1.50. The van der Waals surface area contributed by atoms with E-state index in [2.05, 4.69) is 20.8 Å². The second-order valence-electron chi connectivity index (χ2n) is 4.13. The van der Waals surface area contributed by atoms with Gasteiger partial charge in [-0.2, -0.15) is 5.10 Å². The van der Waals surface area contributed by atoms with Crippen molar-refractivity contribution in [3.8, 4) is 5.88 Å². The normalized spacial score (nSPS) is 12.1. The Hall–Kier alpha value is -2.05. The Morgan fingerprint density at radius 1 is 1.44 bits per heavy atom. The fourth-order valence-electron chi connectivity index (χ4n) is 1.50. The van der Waals surface area contributed by atoms with Gasteiger partial charge >= 0.3 is 0 Å². The number of aromatic nitrogens is 2. The van der Waals surface area contributed by atoms with E-state index in [1.807, 2.05) is 13.8 Å². The topological polar surface area (TPSA) is 96.1 Å². The molecule has 0 aromatic carbocycles. The molecule has 0 saturated heterocycles. The second-order valence-corrected chi connectivity index (χ2v) is 4.13. The molecule has 0 aliphatic carbocycles. The number of rotatable bonds is 5. The van der Waals surface area contributed by atoms with Crippen LogP contribution in [0.25, 0.3) is 0 Å². The van der Waals surface area contributed by atoms with Gasteiger partial charge in [-0.1, -0.05) is 13.8 Å². The van der Waals surface area contributed by atoms with E-state index < -0.39 is 11.9 Å². The van der Waals surface area contributed by atoms with Crippen LogP contribution in [0.1, 0.15) is 24.2 Å². The molecule has 0 fully saturated rings. The van der Waals surface area contributed by atoms with Gasteiger partial charge in [-0.25, -0.2) is 5.10 Å². The molecule has 0 aliphatic rings. The van der Waals surface area contributed by atoms with E-state index in [0.29, 0.717) is 0 Å². The zero-order valence-electron chi connectivity index (χ0n) is 10.9. The predicted octanol–water partition coefficient (Wildman–Crippen LogP) is -0.0813. The van der Waals surface area contributed by atoms with Crippen molar-refractivity contribution in [1.29, 1.82) is 0 Å². The summed E-state index contributed by atoms with van der Waals surface area (Å²) >= 11 is 0. The van der Waals surface area contributed by atoms with Crippen LogP contribution < -0.4 is 15.4 Å². The predicted molar refractivity (Wildman–Crippen MR) is 65.3 cm³/mol. The van der Waals surface area contributed by atoms with Gasteiger partial charge < -0.3 is 15.4 Å². The summed E-state index contributed by atoms with van der Waals surface area (Å²) in [5.74, 6) is -0.387. The van der Waals surface area contributed by atoms with E-state index in [-0.39, 0.29) is 23.3 Å². The minimum atomic E-state index is -0.595. The molecule has 1 aromatic rings. The van der Waals surface area contributed by atoms with Crippen LogP contribution in [0.3, 0.4) is 0 Å². The lowest BCUT2D eigenvalue weighted by molar-refractivity contribution is -0.123. The lowest BCUT2D eigenvalue weighted by Crippen LogP contribution is -2.48. The Balaban J connectivity index is 2.82. The molecule has 1 heterocycles. The molecule has 18 heavy (non-hydrogen) atoms. The molecule has 0 aliphatic heterocycles. The summed E-state index contributed by atoms with van der Waals surface area (Å²) < 4.78 is 4.96. The Bertz CT molecular complexity index is 428. The standard InChI is InChI=1S/C11H18N4O3/c1-6(2)8(10(17)12-3)14-9(16)7-5-13-15-11(7)18-4/h5-6,8H,1-4H3,(H,12,17)(H,13,15)(H,14,16)/t8-/m0/s1. The number of aromatic amines is 1. The molecule has 0 unspecified atom stereocenters. The number of nitrogens with zero attached hydrogens (tertiary/aromatic N) is 1. The third-order valence-corrected chi connectivity index (χ3v) is 2.54. The van der Waals surface area contributed by atoms with Crippen LogP contribution in [0, 0.1) is 5.92 Å². The van der Waals surface area contributed by atoms with Gasteiger partial charge in [0, 0.05) is 7.05 Å². The summed E-state index contributed by atoms with van der Waals surface area (Å²) in [6, 6.07) is -0.595. The number of H-pyrrole nitrogens is 1. The first-order valence-corrected chi connectivity index (χ1v) is 5.61. The van der Waals surface area contributed by atoms with Crippen molar-refractivity contribution in [1.82, 2.24) is 20.8 Å². The summed E-state index contributed by atoms with van der Waals surface area (Å²) in [5.41, 5.74) is 0.270. The molecule has 0 saturated carbocycles. The highest BCUT2D eigenvalue weighted by atomic mass is 16.5. The Morgan fingerprint density at radius 3 is 2.61 bits per heavy atom. The van der Waals surface area contributed by atoms with Crippen molar-refractivity contribution in [2.75, 3.05) is 14.2 Å². The smallest absolute Gasteiger partial charge is 0.259 e. The molecule has 2 amide bonds. The minimum Gasteiger partial charge on any atom is -0.481 e. The highest BCUT2D eigenvalue weighted by molar-refractivity contribution is 5.99. The number of nitrogens with one attached hydrogen (secondary N) is 3. The van der Waals surface area contributed by atoms with Crippen molar-refractivity contribution in [3.05, 3.63) is 11.8 Å². The van der Waals surface area contributed by atoms with Crippen molar-refractivity contribution in [2.45, 2.75) is 19.9 Å². The fraction of sp³-hybridized carbons (Fsp3) is 0.545. The number of amides is 2. The van der Waals surface area contributed by atoms with Gasteiger partial charge in [0.15, 0.2) is 0 Å². The van der Waals surface area contributed by atoms with E-state index >= 15 is 0 Å². The third kappa shape index (κ3) is 2.99. The lowest BCUT2D eigenvalue weighted by atomic mass is 10.0. The Labute approximate surface area is 105 Å². The maximum absolute atomic E-state index is 12.0. The van der Waals surface area contributed by atoms with Gasteiger partial charge in [0.25, 0.3) is 5.91 Å². The summed E-state index contributed by atoms with van der Waals surface area (Å²) in [7, 11) is 2.96. The van der Waals surface area contributed by atoms with E-state index in [9.17, 15) is 9.59 Å². The zero-order valence-corrected chi connectivity index (χ0v) is 10.9. The minimum absolute atomic E-state index is 0.0215. The number of carbonyl (C=O) groups is 2. The van der Waals surface area contributed by atoms with Gasteiger partial charge in [0.2, 0.25) is 11.8 Å². The first-order valence-electron chi connectivity index (χ1n) is 5.61. The molecule has 1 atom stereocenters. The second kappa shape index (κ2) is 6.04. The Morgan fingerprint density at radius 2 is 2.11 bits per heavy atom. The van der Waals surface area contributed by atoms with Gasteiger partial charge in [-0.15, -0.1) is 0 Å². The zero-order chi connectivity index (χ0) is 13.7. The molecule has 0 spiro atoms. The van der Waals surface area contributed by atoms with Crippen LogP contribution in [0.4, 0.5) is 0 Å². The number of ether oxygens (including phenoxy) is 1. The van der Waals surface area contributed by atoms with Crippen LogP contribution in [0.15, 0.2) is 6.20 Å². The van der Waals surface area contributed by atoms with E-state index in [4.69, 9.17) is 4.74 Å². The molecule has 1 rings (SSSR count). The maximum atomic E-state index is 12.0. The lowest BCUT2D eigenvalue weighted by Gasteiger charge is -2.20. The number of methoxy groups -OCH3 is 1. The molecular formula is C11H18N4O3. The van der Waals surface area contributed by atoms with Gasteiger partial charge in [0.1, 0.15) is 11.6 Å². The summed E-state index contributed by atoms with van der Waals surface area (Å²) in [6.07, 6.45) is 1.36. The van der Waals surface area contributed by atoms with E-state index in [0.717, 1.165) is 0 Å². The number of carbonyl (C=O) groups excluding carboxylic acids is 2. The van der Waals surface area contributed by atoms with Crippen molar-refractivity contribution < 1.29 is 14.3 Å². The number of likely N-dealkylation sites (N-methyl/N-ethyl adjacent to an activating group) is 1. The highest BCUT2D eigenvalue weighted by Gasteiger charge is 2.25. The van der Waals surface area contributed by atoms with Crippen LogP contribution in [-0.4, -0.2) is 42.2 Å². The van der Waals surface area contributed by atoms with E-state index in [1.165, 1.54) is 20.4 Å². The number of hydrogen-bond acceptors (Lipinski definition) is 4. The summed E-state index contributed by atoms with van der Waals surface area (Å²) in [6.45, 7) is 3.71.